The van der Waals surface area contributed by atoms with E-state index in [0.717, 1.165) is 37.9 Å². The first-order valence-corrected chi connectivity index (χ1v) is 9.72. The summed E-state index contributed by atoms with van der Waals surface area (Å²) in [4.78, 5) is 29.8. The first kappa shape index (κ1) is 19.2. The number of carbonyl (C=O) groups excluding carboxylic acids is 2. The number of rotatable bonds is 2. The highest BCUT2D eigenvalue weighted by molar-refractivity contribution is 5.92. The first-order chi connectivity index (χ1) is 13.2. The molecule has 6 heteroatoms. The number of amides is 2. The van der Waals surface area contributed by atoms with Gasteiger partial charge in [-0.3, -0.25) is 9.59 Å². The number of H-pyrrole nitrogens is 1. The zero-order valence-electron chi connectivity index (χ0n) is 15.6. The molecule has 0 bridgehead atoms. The van der Waals surface area contributed by atoms with Crippen molar-refractivity contribution in [1.29, 1.82) is 0 Å². The molecule has 1 saturated heterocycles. The molecule has 0 spiro atoms. The molecule has 0 aliphatic carbocycles. The molecule has 0 saturated carbocycles. The van der Waals surface area contributed by atoms with Crippen molar-refractivity contribution in [2.24, 2.45) is 0 Å². The zero-order chi connectivity index (χ0) is 18.9. The Kier molecular flexibility index (Phi) is 7.04. The van der Waals surface area contributed by atoms with E-state index < -0.39 is 0 Å². The topological polar surface area (TPSA) is 77.2 Å². The number of hydrogen-bond acceptors (Lipinski definition) is 3. The van der Waals surface area contributed by atoms with Crippen molar-refractivity contribution in [1.82, 2.24) is 20.5 Å². The summed E-state index contributed by atoms with van der Waals surface area (Å²) in [5.74, 6) is 0.0640. The summed E-state index contributed by atoms with van der Waals surface area (Å²) in [5, 5.41) is 6.50. The van der Waals surface area contributed by atoms with Gasteiger partial charge in [0.1, 0.15) is 5.69 Å². The molecule has 3 rings (SSSR count). The van der Waals surface area contributed by atoms with Crippen LogP contribution in [0.25, 0.3) is 0 Å². The van der Waals surface area contributed by atoms with Crippen LogP contribution in [0.1, 0.15) is 47.8 Å². The van der Waals surface area contributed by atoms with Crippen molar-refractivity contribution in [3.63, 3.8) is 0 Å². The van der Waals surface area contributed by atoms with Crippen LogP contribution in [0, 0.1) is 0 Å². The Bertz CT molecular complexity index is 715. The van der Waals surface area contributed by atoms with Crippen LogP contribution in [0.2, 0.25) is 0 Å². The molecule has 1 unspecified atom stereocenters. The van der Waals surface area contributed by atoms with E-state index in [1.54, 1.807) is 12.3 Å². The van der Waals surface area contributed by atoms with Gasteiger partial charge in [-0.15, -0.1) is 0 Å². The number of aromatic amines is 1. The zero-order valence-corrected chi connectivity index (χ0v) is 15.6. The van der Waals surface area contributed by atoms with E-state index in [1.165, 1.54) is 0 Å². The second-order valence-corrected chi connectivity index (χ2v) is 6.91. The number of nitrogens with one attached hydrogen (secondary N) is 3. The van der Waals surface area contributed by atoms with Gasteiger partial charge in [0.25, 0.3) is 5.91 Å². The van der Waals surface area contributed by atoms with Crippen LogP contribution >= 0.6 is 0 Å². The van der Waals surface area contributed by atoms with Crippen LogP contribution in [0.4, 0.5) is 0 Å². The molecule has 2 aromatic rings. The monoisotopic (exact) mass is 368 g/mol. The third kappa shape index (κ3) is 5.69. The molecule has 2 heterocycles. The number of benzene rings is 1. The number of nitrogens with zero attached hydrogens (tertiary/aromatic N) is 1. The molecule has 3 N–H and O–H groups in total. The standard InChI is InChI=1S/C21H28N4O2/c26-20-16-19(17-8-2-1-3-9-17)23-11-4-5-14-25(15-7-13-24-20)21(27)18-10-6-12-22-18/h1-3,6,8-10,12,19,22-23H,4-5,7,11,13-16H2,(H,24,26). The largest absolute Gasteiger partial charge is 0.357 e. The Morgan fingerprint density at radius 1 is 0.963 bits per heavy atom. The van der Waals surface area contributed by atoms with Crippen molar-refractivity contribution in [3.8, 4) is 0 Å². The molecule has 1 aliphatic rings. The summed E-state index contributed by atoms with van der Waals surface area (Å²) in [5.41, 5.74) is 1.75. The Morgan fingerprint density at radius 2 is 1.78 bits per heavy atom. The lowest BCUT2D eigenvalue weighted by Gasteiger charge is -2.22. The molecule has 1 aliphatic heterocycles. The number of aromatic nitrogens is 1. The van der Waals surface area contributed by atoms with Gasteiger partial charge in [0.05, 0.1) is 0 Å². The van der Waals surface area contributed by atoms with Crippen molar-refractivity contribution in [3.05, 3.63) is 59.9 Å². The summed E-state index contributed by atoms with van der Waals surface area (Å²) in [7, 11) is 0. The maximum atomic E-state index is 12.6. The predicted molar refractivity (Wildman–Crippen MR) is 105 cm³/mol. The smallest absolute Gasteiger partial charge is 0.270 e. The first-order valence-electron chi connectivity index (χ1n) is 9.72. The van der Waals surface area contributed by atoms with Gasteiger partial charge < -0.3 is 20.5 Å². The molecule has 6 nitrogen and oxygen atoms in total. The van der Waals surface area contributed by atoms with E-state index in [2.05, 4.69) is 27.8 Å². The van der Waals surface area contributed by atoms with E-state index >= 15 is 0 Å². The third-order valence-electron chi connectivity index (χ3n) is 4.88. The quantitative estimate of drug-likeness (QED) is 0.762. The highest BCUT2D eigenvalue weighted by Gasteiger charge is 2.18. The van der Waals surface area contributed by atoms with Crippen LogP contribution in [0.5, 0.6) is 0 Å². The molecule has 1 aromatic heterocycles. The second kappa shape index (κ2) is 9.92. The lowest BCUT2D eigenvalue weighted by atomic mass is 10.0. The van der Waals surface area contributed by atoms with Gasteiger partial charge >= 0.3 is 0 Å². The van der Waals surface area contributed by atoms with E-state index in [1.807, 2.05) is 29.2 Å². The molecular weight excluding hydrogens is 340 g/mol. The number of hydrogen-bond donors (Lipinski definition) is 3. The van der Waals surface area contributed by atoms with E-state index in [0.29, 0.717) is 25.2 Å². The fourth-order valence-electron chi connectivity index (χ4n) is 3.40. The summed E-state index contributed by atoms with van der Waals surface area (Å²) < 4.78 is 0. The average molecular weight is 368 g/mol. The Labute approximate surface area is 160 Å². The van der Waals surface area contributed by atoms with Gasteiger partial charge in [-0.05, 0) is 43.5 Å². The predicted octanol–water partition coefficient (Wildman–Crippen LogP) is 2.48. The van der Waals surface area contributed by atoms with Gasteiger partial charge in [-0.2, -0.15) is 0 Å². The fourth-order valence-corrected chi connectivity index (χ4v) is 3.40. The second-order valence-electron chi connectivity index (χ2n) is 6.91. The summed E-state index contributed by atoms with van der Waals surface area (Å²) in [6.45, 7) is 2.77. The van der Waals surface area contributed by atoms with Crippen LogP contribution in [0.15, 0.2) is 48.7 Å². The lowest BCUT2D eigenvalue weighted by Crippen LogP contribution is -2.35. The van der Waals surface area contributed by atoms with Gasteiger partial charge in [-0.1, -0.05) is 30.3 Å². The molecule has 0 radical (unpaired) electrons. The SMILES string of the molecule is O=C1CC(c2ccccc2)NCCCCN(C(=O)c2ccc[nH]2)CCCN1. The van der Waals surface area contributed by atoms with Crippen molar-refractivity contribution in [2.75, 3.05) is 26.2 Å². The molecule has 27 heavy (non-hydrogen) atoms. The maximum Gasteiger partial charge on any atom is 0.270 e. The van der Waals surface area contributed by atoms with E-state index in [4.69, 9.17) is 0 Å². The van der Waals surface area contributed by atoms with Gasteiger partial charge in [-0.25, -0.2) is 0 Å². The Hall–Kier alpha value is -2.60. The average Bonchev–Trinajstić information content (AvgIpc) is 3.23. The van der Waals surface area contributed by atoms with Crippen LogP contribution in [-0.2, 0) is 4.79 Å². The van der Waals surface area contributed by atoms with Crippen molar-refractivity contribution >= 4 is 11.8 Å². The van der Waals surface area contributed by atoms with Crippen molar-refractivity contribution < 1.29 is 9.59 Å². The molecule has 1 fully saturated rings. The van der Waals surface area contributed by atoms with E-state index in [-0.39, 0.29) is 17.9 Å². The third-order valence-corrected chi connectivity index (χ3v) is 4.88. The fraction of sp³-hybridized carbons (Fsp3) is 0.429. The van der Waals surface area contributed by atoms with Crippen LogP contribution in [0.3, 0.4) is 0 Å². The van der Waals surface area contributed by atoms with E-state index in [9.17, 15) is 9.59 Å². The van der Waals surface area contributed by atoms with Crippen molar-refractivity contribution in [2.45, 2.75) is 31.7 Å². The van der Waals surface area contributed by atoms with Gasteiger partial charge in [0.15, 0.2) is 0 Å². The van der Waals surface area contributed by atoms with Crippen LogP contribution in [-0.4, -0.2) is 47.9 Å². The van der Waals surface area contributed by atoms with Gasteiger partial charge in [0, 0.05) is 38.3 Å². The number of carbonyl (C=O) groups is 2. The Morgan fingerprint density at radius 3 is 2.56 bits per heavy atom. The Balaban J connectivity index is 1.62. The molecule has 1 atom stereocenters. The summed E-state index contributed by atoms with van der Waals surface area (Å²) in [6, 6.07) is 13.8. The molecule has 144 valence electrons. The summed E-state index contributed by atoms with van der Waals surface area (Å²) >= 11 is 0. The maximum absolute atomic E-state index is 12.6. The lowest BCUT2D eigenvalue weighted by molar-refractivity contribution is -0.121. The van der Waals surface area contributed by atoms with Crippen LogP contribution < -0.4 is 10.6 Å². The molecule has 1 aromatic carbocycles. The minimum Gasteiger partial charge on any atom is -0.357 e. The molecular formula is C21H28N4O2. The highest BCUT2D eigenvalue weighted by atomic mass is 16.2. The normalized spacial score (nSPS) is 20.1. The molecule has 2 amide bonds. The minimum absolute atomic E-state index is 0.0172. The summed E-state index contributed by atoms with van der Waals surface area (Å²) in [6.07, 6.45) is 4.83. The highest BCUT2D eigenvalue weighted by Crippen LogP contribution is 2.17. The minimum atomic E-state index is 0.0172. The van der Waals surface area contributed by atoms with Gasteiger partial charge in [0.2, 0.25) is 5.91 Å².